The zero-order valence-electron chi connectivity index (χ0n) is 21.8. The Morgan fingerprint density at radius 3 is 2.47 bits per heavy atom. The maximum atomic E-state index is 12.5. The second-order valence-electron chi connectivity index (χ2n) is 9.78. The molecule has 3 aliphatic rings. The fourth-order valence-electron chi connectivity index (χ4n) is 5.08. The molecule has 194 valence electrons. The number of nitrogens with one attached hydrogen (secondary N) is 3. The molecule has 3 heterocycles. The number of benzene rings is 1. The molecule has 1 saturated carbocycles. The number of hydrogen-bond acceptors (Lipinski definition) is 7. The molecule has 5 rings (SSSR count). The molecule has 9 nitrogen and oxygen atoms in total. The van der Waals surface area contributed by atoms with E-state index in [-0.39, 0.29) is 11.8 Å². The molecule has 1 aromatic heterocycles. The first-order valence-electron chi connectivity index (χ1n) is 13.2. The van der Waals surface area contributed by atoms with E-state index < -0.39 is 0 Å². The van der Waals surface area contributed by atoms with Gasteiger partial charge < -0.3 is 25.8 Å². The quantitative estimate of drug-likeness (QED) is 0.596. The Morgan fingerprint density at radius 2 is 1.86 bits per heavy atom. The number of nitrogens with zero attached hydrogens (tertiary/aromatic N) is 4. The summed E-state index contributed by atoms with van der Waals surface area (Å²) in [7, 11) is 3.41. The van der Waals surface area contributed by atoms with Crippen LogP contribution in [-0.2, 0) is 4.79 Å². The van der Waals surface area contributed by atoms with E-state index >= 15 is 0 Å². The van der Waals surface area contributed by atoms with Crippen molar-refractivity contribution in [2.24, 2.45) is 0 Å². The largest absolute Gasteiger partial charge is 0.355 e. The number of anilines is 4. The first-order chi connectivity index (χ1) is 17.5. The van der Waals surface area contributed by atoms with Crippen LogP contribution in [0.25, 0.3) is 0 Å². The lowest BCUT2D eigenvalue weighted by molar-refractivity contribution is -0.118. The van der Waals surface area contributed by atoms with E-state index in [1.165, 1.54) is 45.2 Å². The summed E-state index contributed by atoms with van der Waals surface area (Å²) in [5, 5.41) is 9.20. The SMILES string of the molecule is C1CCNCC1.CNC(=O)c1ccc(Nc2ncc3c(n2)N(C2CCCC2)CCC(=O)N3C)c(C)c1. The molecule has 1 aromatic carbocycles. The van der Waals surface area contributed by atoms with E-state index in [1.807, 2.05) is 19.1 Å². The number of fused-ring (bicyclic) bond motifs is 1. The number of hydrogen-bond donors (Lipinski definition) is 3. The van der Waals surface area contributed by atoms with Gasteiger partial charge in [-0.05, 0) is 69.5 Å². The summed E-state index contributed by atoms with van der Waals surface area (Å²) in [6.07, 6.45) is 11.1. The van der Waals surface area contributed by atoms with Gasteiger partial charge in [-0.2, -0.15) is 4.98 Å². The summed E-state index contributed by atoms with van der Waals surface area (Å²) in [6.45, 7) is 5.12. The average molecular weight is 494 g/mol. The van der Waals surface area contributed by atoms with Gasteiger partial charge in [0.05, 0.1) is 6.20 Å². The molecule has 3 N–H and O–H groups in total. The van der Waals surface area contributed by atoms with Crippen LogP contribution in [0.1, 0.15) is 67.3 Å². The molecule has 9 heteroatoms. The Hall–Kier alpha value is -3.20. The summed E-state index contributed by atoms with van der Waals surface area (Å²) in [5.74, 6) is 1.26. The van der Waals surface area contributed by atoms with Crippen LogP contribution >= 0.6 is 0 Å². The fraction of sp³-hybridized carbons (Fsp3) is 0.556. The van der Waals surface area contributed by atoms with Crippen LogP contribution < -0.4 is 25.8 Å². The van der Waals surface area contributed by atoms with Gasteiger partial charge in [0.2, 0.25) is 11.9 Å². The third kappa shape index (κ3) is 6.13. The van der Waals surface area contributed by atoms with Crippen LogP contribution in [0, 0.1) is 6.92 Å². The Balaban J connectivity index is 0.000000445. The number of piperidine rings is 1. The highest BCUT2D eigenvalue weighted by Crippen LogP contribution is 2.36. The normalized spacial score (nSPS) is 18.1. The number of aryl methyl sites for hydroxylation is 1. The van der Waals surface area contributed by atoms with Crippen molar-refractivity contribution in [3.05, 3.63) is 35.5 Å². The first-order valence-corrected chi connectivity index (χ1v) is 13.2. The molecule has 2 aromatic rings. The van der Waals surface area contributed by atoms with Gasteiger partial charge in [-0.15, -0.1) is 0 Å². The Kier molecular flexibility index (Phi) is 8.74. The van der Waals surface area contributed by atoms with Gasteiger partial charge in [0.25, 0.3) is 5.91 Å². The highest BCUT2D eigenvalue weighted by atomic mass is 16.2. The van der Waals surface area contributed by atoms with Crippen molar-refractivity contribution in [1.29, 1.82) is 0 Å². The minimum absolute atomic E-state index is 0.0849. The van der Waals surface area contributed by atoms with Crippen LogP contribution in [0.15, 0.2) is 24.4 Å². The predicted octanol–water partition coefficient (Wildman–Crippen LogP) is 3.76. The lowest BCUT2D eigenvalue weighted by atomic mass is 10.1. The Morgan fingerprint density at radius 1 is 1.11 bits per heavy atom. The van der Waals surface area contributed by atoms with Gasteiger partial charge in [-0.3, -0.25) is 9.59 Å². The fourth-order valence-corrected chi connectivity index (χ4v) is 5.08. The molecule has 0 spiro atoms. The molecule has 2 amide bonds. The van der Waals surface area contributed by atoms with Crippen LogP contribution in [0.5, 0.6) is 0 Å². The monoisotopic (exact) mass is 493 g/mol. The lowest BCUT2D eigenvalue weighted by Crippen LogP contribution is -2.34. The standard InChI is InChI=1S/C22H28N6O2.C5H11N/c1-14-12-15(21(30)23-2)8-9-17(14)25-22-24-13-18-20(26-22)28(16-6-4-5-7-16)11-10-19(29)27(18)3;1-2-4-6-5-3-1/h8-9,12-13,16H,4-7,10-11H2,1-3H3,(H,23,30)(H,24,25,26);6H,1-5H2. The third-order valence-electron chi connectivity index (χ3n) is 7.26. The number of rotatable bonds is 4. The number of amides is 2. The molecule has 2 aliphatic heterocycles. The minimum atomic E-state index is -0.120. The Bertz CT molecular complexity index is 1050. The van der Waals surface area contributed by atoms with Crippen molar-refractivity contribution in [3.8, 4) is 0 Å². The third-order valence-corrected chi connectivity index (χ3v) is 7.26. The van der Waals surface area contributed by atoms with E-state index in [1.54, 1.807) is 31.3 Å². The van der Waals surface area contributed by atoms with Crippen LogP contribution in [-0.4, -0.2) is 61.6 Å². The molecule has 0 radical (unpaired) electrons. The van der Waals surface area contributed by atoms with Gasteiger partial charge >= 0.3 is 0 Å². The molecular weight excluding hydrogens is 454 g/mol. The zero-order valence-corrected chi connectivity index (χ0v) is 21.8. The number of aromatic nitrogens is 2. The summed E-state index contributed by atoms with van der Waals surface area (Å²) < 4.78 is 0. The molecule has 36 heavy (non-hydrogen) atoms. The molecule has 1 saturated heterocycles. The van der Waals surface area contributed by atoms with Gasteiger partial charge in [-0.25, -0.2) is 4.98 Å². The highest BCUT2D eigenvalue weighted by Gasteiger charge is 2.31. The molecular formula is C27H39N7O2. The van der Waals surface area contributed by atoms with Crippen molar-refractivity contribution in [1.82, 2.24) is 20.6 Å². The summed E-state index contributed by atoms with van der Waals surface area (Å²) in [4.78, 5) is 37.6. The molecule has 0 bridgehead atoms. The van der Waals surface area contributed by atoms with Crippen molar-refractivity contribution in [2.45, 2.75) is 64.3 Å². The lowest BCUT2D eigenvalue weighted by Gasteiger charge is -2.30. The second-order valence-corrected chi connectivity index (χ2v) is 9.78. The van der Waals surface area contributed by atoms with Crippen molar-refractivity contribution >= 4 is 35.0 Å². The Labute approximate surface area is 214 Å². The van der Waals surface area contributed by atoms with Crippen LogP contribution in [0.3, 0.4) is 0 Å². The van der Waals surface area contributed by atoms with E-state index in [0.29, 0.717) is 30.5 Å². The van der Waals surface area contributed by atoms with Gasteiger partial charge in [0.1, 0.15) is 5.69 Å². The van der Waals surface area contributed by atoms with E-state index in [4.69, 9.17) is 4.98 Å². The van der Waals surface area contributed by atoms with E-state index in [9.17, 15) is 9.59 Å². The molecule has 1 aliphatic carbocycles. The summed E-state index contributed by atoms with van der Waals surface area (Å²) in [5.41, 5.74) is 3.13. The predicted molar refractivity (Wildman–Crippen MR) is 144 cm³/mol. The molecule has 0 unspecified atom stereocenters. The van der Waals surface area contributed by atoms with Crippen molar-refractivity contribution < 1.29 is 9.59 Å². The highest BCUT2D eigenvalue weighted by molar-refractivity contribution is 5.97. The van der Waals surface area contributed by atoms with Gasteiger partial charge in [-0.1, -0.05) is 19.3 Å². The van der Waals surface area contributed by atoms with Crippen molar-refractivity contribution in [2.75, 3.05) is 48.8 Å². The van der Waals surface area contributed by atoms with Gasteiger partial charge in [0.15, 0.2) is 5.82 Å². The maximum Gasteiger partial charge on any atom is 0.251 e. The van der Waals surface area contributed by atoms with Gasteiger partial charge in [0, 0.05) is 44.4 Å². The second kappa shape index (κ2) is 12.2. The van der Waals surface area contributed by atoms with Crippen LogP contribution in [0.4, 0.5) is 23.1 Å². The first kappa shape index (κ1) is 25.9. The molecule has 0 atom stereocenters. The maximum absolute atomic E-state index is 12.5. The minimum Gasteiger partial charge on any atom is -0.355 e. The topological polar surface area (TPSA) is 102 Å². The number of carbonyl (C=O) groups is 2. The van der Waals surface area contributed by atoms with E-state index in [0.717, 1.165) is 35.6 Å². The number of carbonyl (C=O) groups excluding carboxylic acids is 2. The van der Waals surface area contributed by atoms with Crippen LogP contribution in [0.2, 0.25) is 0 Å². The summed E-state index contributed by atoms with van der Waals surface area (Å²) >= 11 is 0. The average Bonchev–Trinajstić information content (AvgIpc) is 3.41. The smallest absolute Gasteiger partial charge is 0.251 e. The van der Waals surface area contributed by atoms with E-state index in [2.05, 4.69) is 25.8 Å². The van der Waals surface area contributed by atoms with Crippen molar-refractivity contribution in [3.63, 3.8) is 0 Å². The zero-order chi connectivity index (χ0) is 25.5. The summed E-state index contributed by atoms with van der Waals surface area (Å²) in [6, 6.07) is 5.88. The molecule has 2 fully saturated rings.